The summed E-state index contributed by atoms with van der Waals surface area (Å²) in [6, 6.07) is 5.82. The van der Waals surface area contributed by atoms with Gasteiger partial charge in [-0.15, -0.1) is 0 Å². The fourth-order valence-electron chi connectivity index (χ4n) is 3.71. The van der Waals surface area contributed by atoms with Crippen LogP contribution in [0.25, 0.3) is 0 Å². The van der Waals surface area contributed by atoms with Gasteiger partial charge < -0.3 is 15.1 Å². The van der Waals surface area contributed by atoms with Crippen LogP contribution >= 0.6 is 0 Å². The minimum Gasteiger partial charge on any atom is -0.468 e. The molecule has 6 nitrogen and oxygen atoms in total. The quantitative estimate of drug-likeness (QED) is 0.689. The summed E-state index contributed by atoms with van der Waals surface area (Å²) in [4.78, 5) is 27.5. The molecule has 0 radical (unpaired) electrons. The van der Waals surface area contributed by atoms with Crippen LogP contribution in [0.1, 0.15) is 48.8 Å². The lowest BCUT2D eigenvalue weighted by molar-refractivity contribution is -0.124. The Kier molecular flexibility index (Phi) is 7.20. The summed E-state index contributed by atoms with van der Waals surface area (Å²) < 4.78 is 33.4. The second-order valence-corrected chi connectivity index (χ2v) is 7.81. The number of carbonyl (C=O) groups excluding carboxylic acids is 2. The van der Waals surface area contributed by atoms with Crippen molar-refractivity contribution in [2.45, 2.75) is 38.8 Å². The minimum absolute atomic E-state index is 0.112. The number of hydrogen-bond acceptors (Lipinski definition) is 4. The van der Waals surface area contributed by atoms with Gasteiger partial charge in [0.25, 0.3) is 5.91 Å². The summed E-state index contributed by atoms with van der Waals surface area (Å²) in [6.45, 7) is 5.65. The molecular weight excluding hydrogens is 392 g/mol. The first kappa shape index (κ1) is 22.0. The molecule has 1 aromatic heterocycles. The predicted octanol–water partition coefficient (Wildman–Crippen LogP) is 3.27. The van der Waals surface area contributed by atoms with Crippen molar-refractivity contribution in [1.29, 1.82) is 0 Å². The Morgan fingerprint density at radius 2 is 1.77 bits per heavy atom. The summed E-state index contributed by atoms with van der Waals surface area (Å²) in [6.07, 6.45) is 3.77. The van der Waals surface area contributed by atoms with Gasteiger partial charge in [0.05, 0.1) is 12.3 Å². The SMILES string of the molecule is CC(C)C(NC(=O)c1c(F)cccc1F)C(=O)NCC(c1ccco1)N1CCCC1. The zero-order valence-electron chi connectivity index (χ0n) is 17.2. The number of hydrogen-bond donors (Lipinski definition) is 2. The smallest absolute Gasteiger partial charge is 0.257 e. The molecule has 3 rings (SSSR count). The highest BCUT2D eigenvalue weighted by atomic mass is 19.1. The van der Waals surface area contributed by atoms with Crippen molar-refractivity contribution in [2.75, 3.05) is 19.6 Å². The number of benzene rings is 1. The Labute approximate surface area is 174 Å². The zero-order valence-corrected chi connectivity index (χ0v) is 17.2. The number of halogens is 2. The maximum Gasteiger partial charge on any atom is 0.257 e. The summed E-state index contributed by atoms with van der Waals surface area (Å²) >= 11 is 0. The van der Waals surface area contributed by atoms with Crippen LogP contribution in [0.3, 0.4) is 0 Å². The van der Waals surface area contributed by atoms with Gasteiger partial charge in [0.2, 0.25) is 5.91 Å². The monoisotopic (exact) mass is 419 g/mol. The third-order valence-corrected chi connectivity index (χ3v) is 5.35. The highest BCUT2D eigenvalue weighted by Crippen LogP contribution is 2.25. The highest BCUT2D eigenvalue weighted by Gasteiger charge is 2.30. The van der Waals surface area contributed by atoms with Crippen LogP contribution in [0.4, 0.5) is 8.78 Å². The molecule has 162 valence electrons. The van der Waals surface area contributed by atoms with Crippen molar-refractivity contribution < 1.29 is 22.8 Å². The second kappa shape index (κ2) is 9.84. The molecular formula is C22H27F2N3O3. The van der Waals surface area contributed by atoms with Crippen LogP contribution in [0.15, 0.2) is 41.0 Å². The summed E-state index contributed by atoms with van der Waals surface area (Å²) in [5, 5.41) is 5.35. The van der Waals surface area contributed by atoms with E-state index in [1.807, 2.05) is 6.07 Å². The van der Waals surface area contributed by atoms with E-state index in [4.69, 9.17) is 4.42 Å². The molecule has 30 heavy (non-hydrogen) atoms. The van der Waals surface area contributed by atoms with E-state index in [2.05, 4.69) is 15.5 Å². The normalized spacial score (nSPS) is 16.4. The molecule has 1 aromatic carbocycles. The largest absolute Gasteiger partial charge is 0.468 e. The molecule has 2 amide bonds. The molecule has 0 bridgehead atoms. The Morgan fingerprint density at radius 1 is 1.10 bits per heavy atom. The first-order chi connectivity index (χ1) is 14.4. The molecule has 1 fully saturated rings. The molecule has 2 N–H and O–H groups in total. The Bertz CT molecular complexity index is 844. The number of nitrogens with zero attached hydrogens (tertiary/aromatic N) is 1. The number of furan rings is 1. The van der Waals surface area contributed by atoms with Crippen molar-refractivity contribution in [2.24, 2.45) is 5.92 Å². The average Bonchev–Trinajstić information content (AvgIpc) is 3.40. The van der Waals surface area contributed by atoms with E-state index in [-0.39, 0.29) is 12.0 Å². The minimum atomic E-state index is -0.970. The topological polar surface area (TPSA) is 74.6 Å². The van der Waals surface area contributed by atoms with Gasteiger partial charge in [-0.1, -0.05) is 19.9 Å². The van der Waals surface area contributed by atoms with Crippen LogP contribution in [0, 0.1) is 17.6 Å². The maximum absolute atomic E-state index is 13.9. The fourth-order valence-corrected chi connectivity index (χ4v) is 3.71. The van der Waals surface area contributed by atoms with Gasteiger partial charge in [-0.05, 0) is 56.1 Å². The number of amides is 2. The van der Waals surface area contributed by atoms with Gasteiger partial charge in [0, 0.05) is 6.54 Å². The predicted molar refractivity (Wildman–Crippen MR) is 108 cm³/mol. The van der Waals surface area contributed by atoms with Crippen LogP contribution in [-0.2, 0) is 4.79 Å². The molecule has 8 heteroatoms. The lowest BCUT2D eigenvalue weighted by Crippen LogP contribution is -2.51. The first-order valence-corrected chi connectivity index (χ1v) is 10.2. The van der Waals surface area contributed by atoms with E-state index in [9.17, 15) is 18.4 Å². The van der Waals surface area contributed by atoms with Crippen molar-refractivity contribution in [3.63, 3.8) is 0 Å². The van der Waals surface area contributed by atoms with Crippen molar-refractivity contribution in [3.8, 4) is 0 Å². The van der Waals surface area contributed by atoms with E-state index in [0.29, 0.717) is 6.54 Å². The Balaban J connectivity index is 1.68. The molecule has 1 aliphatic heterocycles. The first-order valence-electron chi connectivity index (χ1n) is 10.2. The van der Waals surface area contributed by atoms with Gasteiger partial charge in [0.1, 0.15) is 29.0 Å². The molecule has 1 aliphatic rings. The second-order valence-electron chi connectivity index (χ2n) is 7.81. The Hall–Kier alpha value is -2.74. The third kappa shape index (κ3) is 5.05. The lowest BCUT2D eigenvalue weighted by atomic mass is 10.0. The summed E-state index contributed by atoms with van der Waals surface area (Å²) in [5.74, 6) is -2.83. The molecule has 2 heterocycles. The molecule has 0 spiro atoms. The zero-order chi connectivity index (χ0) is 21.7. The van der Waals surface area contributed by atoms with Gasteiger partial charge in [-0.3, -0.25) is 14.5 Å². The van der Waals surface area contributed by atoms with E-state index in [1.165, 1.54) is 6.07 Å². The summed E-state index contributed by atoms with van der Waals surface area (Å²) in [5.41, 5.74) is -0.693. The highest BCUT2D eigenvalue weighted by molar-refractivity contribution is 5.98. The van der Waals surface area contributed by atoms with Crippen LogP contribution < -0.4 is 10.6 Å². The Morgan fingerprint density at radius 3 is 2.33 bits per heavy atom. The molecule has 0 saturated carbocycles. The van der Waals surface area contributed by atoms with Crippen molar-refractivity contribution in [1.82, 2.24) is 15.5 Å². The van der Waals surface area contributed by atoms with Crippen molar-refractivity contribution in [3.05, 3.63) is 59.6 Å². The van der Waals surface area contributed by atoms with E-state index in [0.717, 1.165) is 43.8 Å². The number of likely N-dealkylation sites (tertiary alicyclic amines) is 1. The van der Waals surface area contributed by atoms with Gasteiger partial charge in [0.15, 0.2) is 0 Å². The number of nitrogens with one attached hydrogen (secondary N) is 2. The maximum atomic E-state index is 13.9. The van der Waals surface area contributed by atoms with E-state index < -0.39 is 35.1 Å². The molecule has 1 saturated heterocycles. The van der Waals surface area contributed by atoms with E-state index in [1.54, 1.807) is 26.2 Å². The summed E-state index contributed by atoms with van der Waals surface area (Å²) in [7, 11) is 0. The number of carbonyl (C=O) groups is 2. The lowest BCUT2D eigenvalue weighted by Gasteiger charge is -2.28. The number of rotatable bonds is 8. The van der Waals surface area contributed by atoms with E-state index >= 15 is 0 Å². The van der Waals surface area contributed by atoms with Gasteiger partial charge >= 0.3 is 0 Å². The van der Waals surface area contributed by atoms with Gasteiger partial charge in [-0.25, -0.2) is 8.78 Å². The molecule has 0 aliphatic carbocycles. The van der Waals surface area contributed by atoms with Crippen LogP contribution in [-0.4, -0.2) is 42.4 Å². The average molecular weight is 419 g/mol. The van der Waals surface area contributed by atoms with Crippen molar-refractivity contribution >= 4 is 11.8 Å². The van der Waals surface area contributed by atoms with Gasteiger partial charge in [-0.2, -0.15) is 0 Å². The molecule has 2 unspecified atom stereocenters. The standard InChI is InChI=1S/C22H27F2N3O3/c1-14(2)20(26-21(28)19-15(23)7-5-8-16(19)24)22(29)25-13-17(18-9-6-12-30-18)27-10-3-4-11-27/h5-9,12,14,17,20H,3-4,10-11,13H2,1-2H3,(H,25,29)(H,26,28). The van der Waals surface area contributed by atoms with Crippen LogP contribution in [0.5, 0.6) is 0 Å². The van der Waals surface area contributed by atoms with Crippen LogP contribution in [0.2, 0.25) is 0 Å². The third-order valence-electron chi connectivity index (χ3n) is 5.35. The fraction of sp³-hybridized carbons (Fsp3) is 0.455. The molecule has 2 aromatic rings. The molecule has 2 atom stereocenters.